The Hall–Kier alpha value is -3.70. The van der Waals surface area contributed by atoms with Crippen LogP contribution in [0.5, 0.6) is 0 Å². The Morgan fingerprint density at radius 3 is 2.77 bits per heavy atom. The molecule has 40 heavy (non-hydrogen) atoms. The molecule has 1 aliphatic carbocycles. The summed E-state index contributed by atoms with van der Waals surface area (Å²) in [5.74, 6) is -0.278. The standard InChI is InChI=1S/C29H34N6O5/c1-16-14-22-21(30-18(16)3)10-7-12-32(22)15-17(2)40-31-23-20-11-13-33-28(37)34(19-8-5-4-6-9-19)29(38)35(33)24(20)25(36)27-26(23)39-27/h4-6,8-9,14,17,20,24-27,36H,7,10-13,15H2,1-3H3/b31-23+/t17-,20-,24+,25-,26+,27+/m0/s1. The van der Waals surface area contributed by atoms with E-state index in [1.165, 1.54) is 19.5 Å². The second kappa shape index (κ2) is 9.45. The number of epoxide rings is 1. The number of aliphatic hydroxyl groups excluding tert-OH is 1. The van der Waals surface area contributed by atoms with Crippen LogP contribution in [-0.2, 0) is 22.5 Å². The second-order valence-electron chi connectivity index (χ2n) is 11.4. The maximum Gasteiger partial charge on any atom is 0.352 e. The van der Waals surface area contributed by atoms with Gasteiger partial charge in [0.15, 0.2) is 0 Å². The molecule has 1 aromatic carbocycles. The number of oxime groups is 1. The summed E-state index contributed by atoms with van der Waals surface area (Å²) in [6.07, 6.45) is 0.636. The van der Waals surface area contributed by atoms with Crippen LogP contribution in [0.2, 0.25) is 0 Å². The van der Waals surface area contributed by atoms with E-state index in [9.17, 15) is 14.7 Å². The zero-order valence-corrected chi connectivity index (χ0v) is 22.9. The van der Waals surface area contributed by atoms with Gasteiger partial charge in [0, 0.05) is 24.7 Å². The Labute approximate surface area is 231 Å². The minimum Gasteiger partial charge on any atom is -0.391 e. The van der Waals surface area contributed by atoms with E-state index in [1.807, 2.05) is 19.9 Å². The van der Waals surface area contributed by atoms with Gasteiger partial charge in [0.25, 0.3) is 0 Å². The number of hydrogen-bond donors (Lipinski definition) is 1. The number of aliphatic hydroxyl groups is 1. The number of anilines is 1. The van der Waals surface area contributed by atoms with E-state index in [1.54, 1.807) is 24.3 Å². The van der Waals surface area contributed by atoms with Crippen molar-refractivity contribution in [2.24, 2.45) is 11.1 Å². The van der Waals surface area contributed by atoms with Crippen molar-refractivity contribution in [2.75, 3.05) is 18.0 Å². The first-order valence-corrected chi connectivity index (χ1v) is 14.1. The largest absolute Gasteiger partial charge is 0.391 e. The first kappa shape index (κ1) is 25.3. The molecule has 1 saturated heterocycles. The molecular formula is C29H34N6O5. The molecule has 5 heterocycles. The van der Waals surface area contributed by atoms with Crippen LogP contribution >= 0.6 is 0 Å². The highest BCUT2D eigenvalue weighted by molar-refractivity contribution is 5.94. The average Bonchev–Trinajstić information content (AvgIpc) is 3.70. The number of nitrogens with zero attached hydrogens (tertiary/aromatic N) is 6. The van der Waals surface area contributed by atoms with Crippen molar-refractivity contribution >= 4 is 11.4 Å². The number of aryl methyl sites for hydroxylation is 3. The summed E-state index contributed by atoms with van der Waals surface area (Å²) < 4.78 is 9.85. The van der Waals surface area contributed by atoms with Crippen LogP contribution in [0, 0.1) is 19.8 Å². The number of para-hydroxylation sites is 1. The molecule has 0 radical (unpaired) electrons. The SMILES string of the molecule is Cc1cc2c(nc1C)CCCN2C[C@H](C)O/N=C1/[C@H]2O[C@@H]2[C@@H](O)[C@H]2[C@H]1CCn1c(=O)n(-c3ccccc3)c(=O)n12. The summed E-state index contributed by atoms with van der Waals surface area (Å²) in [6, 6.07) is 10.4. The summed E-state index contributed by atoms with van der Waals surface area (Å²) in [4.78, 5) is 40.0. The van der Waals surface area contributed by atoms with Crippen LogP contribution in [0.25, 0.3) is 5.69 Å². The van der Waals surface area contributed by atoms with Gasteiger partial charge in [0.2, 0.25) is 0 Å². The van der Waals surface area contributed by atoms with Crippen molar-refractivity contribution < 1.29 is 14.7 Å². The third-order valence-corrected chi connectivity index (χ3v) is 8.82. The first-order valence-electron chi connectivity index (χ1n) is 14.1. The fraction of sp³-hybridized carbons (Fsp3) is 0.517. The summed E-state index contributed by atoms with van der Waals surface area (Å²) in [5.41, 5.74) is 4.86. The van der Waals surface area contributed by atoms with Gasteiger partial charge < -0.3 is 19.6 Å². The molecule has 3 aromatic rings. The highest BCUT2D eigenvalue weighted by Gasteiger charge is 2.61. The molecule has 0 spiro atoms. The lowest BCUT2D eigenvalue weighted by Gasteiger charge is -2.38. The molecular weight excluding hydrogens is 512 g/mol. The zero-order valence-electron chi connectivity index (χ0n) is 22.9. The lowest BCUT2D eigenvalue weighted by atomic mass is 9.78. The second-order valence-corrected chi connectivity index (χ2v) is 11.4. The third-order valence-electron chi connectivity index (χ3n) is 8.82. The number of aromatic nitrogens is 4. The van der Waals surface area contributed by atoms with Gasteiger partial charge in [0.05, 0.1) is 35.4 Å². The van der Waals surface area contributed by atoms with Gasteiger partial charge in [-0.15, -0.1) is 0 Å². The van der Waals surface area contributed by atoms with E-state index >= 15 is 0 Å². The lowest BCUT2D eigenvalue weighted by molar-refractivity contribution is 0.0300. The van der Waals surface area contributed by atoms with Crippen LogP contribution in [0.4, 0.5) is 5.69 Å². The fourth-order valence-corrected chi connectivity index (χ4v) is 6.68. The number of pyridine rings is 1. The summed E-state index contributed by atoms with van der Waals surface area (Å²) in [5, 5.41) is 15.8. The number of ether oxygens (including phenoxy) is 1. The Bertz CT molecular complexity index is 1610. The molecule has 11 nitrogen and oxygen atoms in total. The van der Waals surface area contributed by atoms with Gasteiger partial charge in [-0.3, -0.25) is 4.98 Å². The van der Waals surface area contributed by atoms with Gasteiger partial charge in [0.1, 0.15) is 24.4 Å². The van der Waals surface area contributed by atoms with E-state index in [0.717, 1.165) is 36.5 Å². The Kier molecular flexibility index (Phi) is 5.97. The van der Waals surface area contributed by atoms with Gasteiger partial charge in [-0.2, -0.15) is 0 Å². The molecule has 2 aromatic heterocycles. The smallest absolute Gasteiger partial charge is 0.352 e. The molecule has 3 aliphatic heterocycles. The monoisotopic (exact) mass is 546 g/mol. The highest BCUT2D eigenvalue weighted by atomic mass is 16.6. The van der Waals surface area contributed by atoms with E-state index in [-0.39, 0.29) is 18.1 Å². The fourth-order valence-electron chi connectivity index (χ4n) is 6.68. The molecule has 0 bridgehead atoms. The van der Waals surface area contributed by atoms with E-state index in [2.05, 4.69) is 23.0 Å². The quantitative estimate of drug-likeness (QED) is 0.382. The molecule has 210 valence electrons. The summed E-state index contributed by atoms with van der Waals surface area (Å²) >= 11 is 0. The molecule has 4 aliphatic rings. The lowest BCUT2D eigenvalue weighted by Crippen LogP contribution is -2.53. The predicted molar refractivity (Wildman–Crippen MR) is 148 cm³/mol. The van der Waals surface area contributed by atoms with Gasteiger partial charge in [-0.1, -0.05) is 23.4 Å². The molecule has 1 saturated carbocycles. The third kappa shape index (κ3) is 3.94. The van der Waals surface area contributed by atoms with Crippen molar-refractivity contribution in [1.82, 2.24) is 18.9 Å². The van der Waals surface area contributed by atoms with Crippen molar-refractivity contribution in [3.05, 3.63) is 74.3 Å². The molecule has 1 N–H and O–H groups in total. The summed E-state index contributed by atoms with van der Waals surface area (Å²) in [7, 11) is 0. The zero-order chi connectivity index (χ0) is 27.7. The minimum absolute atomic E-state index is 0.203. The van der Waals surface area contributed by atoms with Crippen molar-refractivity contribution in [1.29, 1.82) is 0 Å². The predicted octanol–water partition coefficient (Wildman–Crippen LogP) is 1.73. The van der Waals surface area contributed by atoms with Gasteiger partial charge >= 0.3 is 11.4 Å². The number of benzene rings is 1. The topological polar surface area (TPSA) is 119 Å². The Morgan fingerprint density at radius 1 is 1.18 bits per heavy atom. The highest BCUT2D eigenvalue weighted by Crippen LogP contribution is 2.46. The average molecular weight is 547 g/mol. The Balaban J connectivity index is 1.15. The van der Waals surface area contributed by atoms with Crippen molar-refractivity contribution in [3.63, 3.8) is 0 Å². The number of rotatable bonds is 5. The van der Waals surface area contributed by atoms with Gasteiger partial charge in [-0.05, 0) is 63.8 Å². The van der Waals surface area contributed by atoms with E-state index < -0.39 is 29.6 Å². The number of fused-ring (bicyclic) bond motifs is 5. The maximum absolute atomic E-state index is 13.6. The molecule has 0 amide bonds. The summed E-state index contributed by atoms with van der Waals surface area (Å²) in [6.45, 7) is 8.07. The maximum atomic E-state index is 13.6. The van der Waals surface area contributed by atoms with E-state index in [0.29, 0.717) is 30.9 Å². The van der Waals surface area contributed by atoms with Crippen molar-refractivity contribution in [3.8, 4) is 5.69 Å². The van der Waals surface area contributed by atoms with Crippen molar-refractivity contribution in [2.45, 2.75) is 77.0 Å². The molecule has 7 rings (SSSR count). The van der Waals surface area contributed by atoms with Crippen LogP contribution in [-0.4, -0.2) is 67.2 Å². The first-order chi connectivity index (χ1) is 19.3. The minimum atomic E-state index is -0.925. The Morgan fingerprint density at radius 2 is 1.98 bits per heavy atom. The molecule has 6 atom stereocenters. The van der Waals surface area contributed by atoms with Gasteiger partial charge in [-0.25, -0.2) is 23.5 Å². The van der Waals surface area contributed by atoms with Crippen LogP contribution in [0.3, 0.4) is 0 Å². The molecule has 11 heteroatoms. The molecule has 2 fully saturated rings. The van der Waals surface area contributed by atoms with Crippen LogP contribution in [0.1, 0.15) is 42.8 Å². The molecule has 0 unspecified atom stereocenters. The number of hydrogen-bond acceptors (Lipinski definition) is 8. The van der Waals surface area contributed by atoms with Crippen LogP contribution in [0.15, 0.2) is 51.1 Å². The van der Waals surface area contributed by atoms with E-state index in [4.69, 9.17) is 14.6 Å². The normalized spacial score (nSPS) is 28.4. The van der Waals surface area contributed by atoms with Crippen LogP contribution < -0.4 is 16.3 Å².